The van der Waals surface area contributed by atoms with Gasteiger partial charge >= 0.3 is 0 Å². The van der Waals surface area contributed by atoms with Crippen LogP contribution >= 0.6 is 15.9 Å². The molecule has 0 bridgehead atoms. The maximum Gasteiger partial charge on any atom is 0.279 e. The van der Waals surface area contributed by atoms with E-state index in [2.05, 4.69) is 31.2 Å². The molecule has 2 aromatic heterocycles. The lowest BCUT2D eigenvalue weighted by atomic mass is 10.3. The van der Waals surface area contributed by atoms with Crippen molar-refractivity contribution in [2.24, 2.45) is 0 Å². The van der Waals surface area contributed by atoms with E-state index in [1.165, 1.54) is 10.7 Å². The topological polar surface area (TPSA) is 46.5 Å². The van der Waals surface area contributed by atoms with Gasteiger partial charge in [0.2, 0.25) is 0 Å². The molecule has 0 atom stereocenters. The Morgan fingerprint density at radius 2 is 2.17 bits per heavy atom. The number of hydrogen-bond donors (Lipinski definition) is 1. The van der Waals surface area contributed by atoms with Gasteiger partial charge in [0.25, 0.3) is 6.43 Å². The van der Waals surface area contributed by atoms with Crippen LogP contribution in [0.4, 0.5) is 8.78 Å². The smallest absolute Gasteiger partial charge is 0.275 e. The van der Waals surface area contributed by atoms with Crippen molar-refractivity contribution < 1.29 is 8.78 Å². The first-order valence-corrected chi connectivity index (χ1v) is 5.92. The number of aromatic amines is 1. The molecule has 1 N–H and O–H groups in total. The van der Waals surface area contributed by atoms with E-state index < -0.39 is 6.43 Å². The number of nitrogens with one attached hydrogen (secondary N) is 1. The second-order valence-corrected chi connectivity index (χ2v) is 4.58. The van der Waals surface area contributed by atoms with Gasteiger partial charge in [0.15, 0.2) is 5.82 Å². The van der Waals surface area contributed by atoms with Gasteiger partial charge in [-0.1, -0.05) is 22.0 Å². The van der Waals surface area contributed by atoms with E-state index in [9.17, 15) is 8.78 Å². The minimum atomic E-state index is -2.57. The summed E-state index contributed by atoms with van der Waals surface area (Å²) in [4.78, 5) is 0. The third-order valence-electron chi connectivity index (χ3n) is 2.55. The van der Waals surface area contributed by atoms with Crippen LogP contribution < -0.4 is 0 Å². The molecule has 4 nitrogen and oxygen atoms in total. The molecule has 0 saturated carbocycles. The van der Waals surface area contributed by atoms with E-state index in [-0.39, 0.29) is 5.69 Å². The molecular formula is C11H7BrF2N4. The van der Waals surface area contributed by atoms with E-state index in [1.54, 1.807) is 6.20 Å². The number of hydrogen-bond acceptors (Lipinski definition) is 2. The Morgan fingerprint density at radius 3 is 2.83 bits per heavy atom. The van der Waals surface area contributed by atoms with Crippen molar-refractivity contribution in [1.82, 2.24) is 20.0 Å². The van der Waals surface area contributed by atoms with Crippen LogP contribution in [0.5, 0.6) is 0 Å². The number of benzene rings is 1. The highest BCUT2D eigenvalue weighted by Gasteiger charge is 2.13. The van der Waals surface area contributed by atoms with Gasteiger partial charge in [0, 0.05) is 22.1 Å². The van der Waals surface area contributed by atoms with Gasteiger partial charge in [0.1, 0.15) is 5.69 Å². The van der Waals surface area contributed by atoms with Crippen molar-refractivity contribution in [3.63, 3.8) is 0 Å². The van der Waals surface area contributed by atoms with Crippen molar-refractivity contribution in [3.05, 3.63) is 40.6 Å². The van der Waals surface area contributed by atoms with Crippen molar-refractivity contribution >= 4 is 26.8 Å². The Labute approximate surface area is 109 Å². The van der Waals surface area contributed by atoms with Gasteiger partial charge in [0.05, 0.1) is 5.52 Å². The lowest BCUT2D eigenvalue weighted by Gasteiger charge is -1.91. The molecule has 0 saturated heterocycles. The van der Waals surface area contributed by atoms with Crippen LogP contribution in [0, 0.1) is 0 Å². The quantitative estimate of drug-likeness (QED) is 0.788. The van der Waals surface area contributed by atoms with Crippen LogP contribution in [-0.2, 0) is 0 Å². The highest BCUT2D eigenvalue weighted by atomic mass is 79.9. The number of H-pyrrole nitrogens is 1. The normalized spacial score (nSPS) is 11.6. The molecule has 0 unspecified atom stereocenters. The number of rotatable bonds is 2. The standard InChI is InChI=1S/C11H7BrF2N4/c12-7-2-1-3-8-6(7)5-18(17-8)10-4-9(11(13)14)15-16-10/h1-5,11H,(H,15,16). The molecule has 0 amide bonds. The Kier molecular flexibility index (Phi) is 2.62. The molecule has 7 heteroatoms. The van der Waals surface area contributed by atoms with Gasteiger partial charge in [-0.3, -0.25) is 5.10 Å². The molecule has 1 aromatic carbocycles. The van der Waals surface area contributed by atoms with Crippen molar-refractivity contribution in [2.45, 2.75) is 6.43 Å². The molecule has 0 aliphatic carbocycles. The summed E-state index contributed by atoms with van der Waals surface area (Å²) in [7, 11) is 0. The second kappa shape index (κ2) is 4.16. The third kappa shape index (κ3) is 1.80. The molecule has 2 heterocycles. The third-order valence-corrected chi connectivity index (χ3v) is 3.24. The highest BCUT2D eigenvalue weighted by Crippen LogP contribution is 2.24. The van der Waals surface area contributed by atoms with Crippen LogP contribution in [0.15, 0.2) is 34.9 Å². The molecule has 3 aromatic rings. The summed E-state index contributed by atoms with van der Waals surface area (Å²) in [5.74, 6) is 0.341. The average Bonchev–Trinajstić information content (AvgIpc) is 2.95. The van der Waals surface area contributed by atoms with E-state index in [4.69, 9.17) is 0 Å². The first-order chi connectivity index (χ1) is 8.65. The maximum absolute atomic E-state index is 12.5. The second-order valence-electron chi connectivity index (χ2n) is 3.73. The fourth-order valence-electron chi connectivity index (χ4n) is 1.68. The molecule has 0 fully saturated rings. The molecular weight excluding hydrogens is 306 g/mol. The molecule has 3 rings (SSSR count). The number of fused-ring (bicyclic) bond motifs is 1. The van der Waals surface area contributed by atoms with Gasteiger partial charge in [-0.15, -0.1) is 0 Å². The lowest BCUT2D eigenvalue weighted by Crippen LogP contribution is -1.93. The summed E-state index contributed by atoms with van der Waals surface area (Å²) >= 11 is 3.41. The van der Waals surface area contributed by atoms with E-state index in [0.717, 1.165) is 15.4 Å². The fourth-order valence-corrected chi connectivity index (χ4v) is 2.14. The summed E-state index contributed by atoms with van der Waals surface area (Å²) in [6.07, 6.45) is -0.826. The van der Waals surface area contributed by atoms with Gasteiger partial charge in [-0.2, -0.15) is 10.2 Å². The molecule has 0 radical (unpaired) electrons. The monoisotopic (exact) mass is 312 g/mol. The summed E-state index contributed by atoms with van der Waals surface area (Å²) in [6.45, 7) is 0. The van der Waals surface area contributed by atoms with Crippen molar-refractivity contribution in [2.75, 3.05) is 0 Å². The SMILES string of the molecule is FC(F)c1cc(-n2cc3c(Br)cccc3n2)n[nH]1. The number of aromatic nitrogens is 4. The Bertz CT molecular complexity index is 704. The predicted octanol–water partition coefficient (Wildman–Crippen LogP) is 3.45. The van der Waals surface area contributed by atoms with Crippen LogP contribution in [0.25, 0.3) is 16.7 Å². The maximum atomic E-state index is 12.5. The van der Waals surface area contributed by atoms with Gasteiger partial charge < -0.3 is 0 Å². The van der Waals surface area contributed by atoms with E-state index in [0.29, 0.717) is 5.82 Å². The molecule has 0 aliphatic heterocycles. The Hall–Kier alpha value is -1.76. The van der Waals surface area contributed by atoms with Crippen LogP contribution in [0.1, 0.15) is 12.1 Å². The summed E-state index contributed by atoms with van der Waals surface area (Å²) in [5.41, 5.74) is 0.551. The highest BCUT2D eigenvalue weighted by molar-refractivity contribution is 9.10. The summed E-state index contributed by atoms with van der Waals surface area (Å²) in [6, 6.07) is 6.88. The van der Waals surface area contributed by atoms with Crippen molar-refractivity contribution in [1.29, 1.82) is 0 Å². The first-order valence-electron chi connectivity index (χ1n) is 5.13. The van der Waals surface area contributed by atoms with E-state index in [1.807, 2.05) is 18.2 Å². The molecule has 92 valence electrons. The minimum absolute atomic E-state index is 0.219. The van der Waals surface area contributed by atoms with Crippen LogP contribution in [-0.4, -0.2) is 20.0 Å². The zero-order chi connectivity index (χ0) is 12.7. The molecule has 18 heavy (non-hydrogen) atoms. The zero-order valence-corrected chi connectivity index (χ0v) is 10.5. The van der Waals surface area contributed by atoms with E-state index >= 15 is 0 Å². The Balaban J connectivity index is 2.10. The van der Waals surface area contributed by atoms with Gasteiger partial charge in [-0.25, -0.2) is 13.5 Å². The number of halogens is 3. The first kappa shape index (κ1) is 11.3. The average molecular weight is 313 g/mol. The number of alkyl halides is 2. The predicted molar refractivity (Wildman–Crippen MR) is 65.9 cm³/mol. The summed E-state index contributed by atoms with van der Waals surface area (Å²) < 4.78 is 27.3. The van der Waals surface area contributed by atoms with Crippen molar-refractivity contribution in [3.8, 4) is 5.82 Å². The van der Waals surface area contributed by atoms with Crippen LogP contribution in [0.3, 0.4) is 0 Å². The largest absolute Gasteiger partial charge is 0.279 e. The van der Waals surface area contributed by atoms with Gasteiger partial charge in [-0.05, 0) is 12.1 Å². The summed E-state index contributed by atoms with van der Waals surface area (Å²) in [5, 5.41) is 11.3. The number of nitrogens with zero attached hydrogens (tertiary/aromatic N) is 3. The van der Waals surface area contributed by atoms with Crippen LogP contribution in [0.2, 0.25) is 0 Å². The molecule has 0 aliphatic rings. The molecule has 0 spiro atoms. The fraction of sp³-hybridized carbons (Fsp3) is 0.0909. The lowest BCUT2D eigenvalue weighted by molar-refractivity contribution is 0.146. The minimum Gasteiger partial charge on any atom is -0.275 e. The Morgan fingerprint density at radius 1 is 1.33 bits per heavy atom. The zero-order valence-electron chi connectivity index (χ0n) is 8.94.